The molecule has 0 saturated heterocycles. The van der Waals surface area contributed by atoms with Gasteiger partial charge in [-0.25, -0.2) is 13.4 Å². The van der Waals surface area contributed by atoms with Crippen LogP contribution in [-0.4, -0.2) is 18.5 Å². The monoisotopic (exact) mass is 297 g/mol. The highest BCUT2D eigenvalue weighted by Crippen LogP contribution is 2.24. The van der Waals surface area contributed by atoms with Gasteiger partial charge in [-0.05, 0) is 32.0 Å². The number of sulfonamides is 1. The maximum absolute atomic E-state index is 12.2. The Morgan fingerprint density at radius 3 is 2.70 bits per heavy atom. The van der Waals surface area contributed by atoms with Crippen LogP contribution in [0.25, 0.3) is 0 Å². The second-order valence-electron chi connectivity index (χ2n) is 4.37. The number of anilines is 1. The minimum Gasteiger partial charge on any atom is -0.506 e. The van der Waals surface area contributed by atoms with Crippen LogP contribution in [0.15, 0.2) is 33.7 Å². The van der Waals surface area contributed by atoms with E-state index in [1.54, 1.807) is 13.8 Å². The molecule has 0 spiro atoms. The van der Waals surface area contributed by atoms with Crippen molar-refractivity contribution in [3.8, 4) is 5.75 Å². The standard InChI is InChI=1S/C12H15N3O4S/c1-7-6-14-12(19-7)8(2)15-20(17,18)9-3-4-11(16)10(13)5-9/h3-6,8,15-16H,13H2,1-2H3. The Balaban J connectivity index is 2.24. The predicted octanol–water partition coefficient (Wildman–Crippen LogP) is 1.31. The Morgan fingerprint density at radius 2 is 2.15 bits per heavy atom. The quantitative estimate of drug-likeness (QED) is 0.578. The summed E-state index contributed by atoms with van der Waals surface area (Å²) in [5.74, 6) is 0.707. The molecule has 20 heavy (non-hydrogen) atoms. The van der Waals surface area contributed by atoms with E-state index in [1.807, 2.05) is 0 Å². The molecular formula is C12H15N3O4S. The van der Waals surface area contributed by atoms with Gasteiger partial charge in [0.05, 0.1) is 22.8 Å². The Bertz CT molecular complexity index is 724. The fourth-order valence-electron chi connectivity index (χ4n) is 1.62. The van der Waals surface area contributed by atoms with E-state index in [1.165, 1.54) is 24.4 Å². The molecule has 1 atom stereocenters. The van der Waals surface area contributed by atoms with Crippen LogP contribution in [0.3, 0.4) is 0 Å². The van der Waals surface area contributed by atoms with Crippen molar-refractivity contribution in [1.82, 2.24) is 9.71 Å². The highest BCUT2D eigenvalue weighted by Gasteiger charge is 2.21. The topological polar surface area (TPSA) is 118 Å². The SMILES string of the molecule is Cc1cnc(C(C)NS(=O)(=O)c2ccc(O)c(N)c2)o1. The molecule has 1 aromatic heterocycles. The minimum absolute atomic E-state index is 0.00695. The van der Waals surface area contributed by atoms with E-state index < -0.39 is 16.1 Å². The van der Waals surface area contributed by atoms with E-state index in [4.69, 9.17) is 10.2 Å². The molecule has 1 aromatic carbocycles. The van der Waals surface area contributed by atoms with Gasteiger partial charge < -0.3 is 15.3 Å². The van der Waals surface area contributed by atoms with E-state index in [-0.39, 0.29) is 22.2 Å². The van der Waals surface area contributed by atoms with Crippen LogP contribution < -0.4 is 10.5 Å². The molecule has 108 valence electrons. The first-order valence-electron chi connectivity index (χ1n) is 5.83. The fourth-order valence-corrected chi connectivity index (χ4v) is 2.85. The van der Waals surface area contributed by atoms with Crippen molar-refractivity contribution in [2.24, 2.45) is 0 Å². The molecule has 8 heteroatoms. The molecule has 0 aliphatic rings. The van der Waals surface area contributed by atoms with Crippen molar-refractivity contribution in [1.29, 1.82) is 0 Å². The number of phenolic OH excluding ortho intramolecular Hbond substituents is 1. The first-order chi connectivity index (χ1) is 9.29. The highest BCUT2D eigenvalue weighted by molar-refractivity contribution is 7.89. The van der Waals surface area contributed by atoms with Crippen molar-refractivity contribution in [3.05, 3.63) is 36.0 Å². The van der Waals surface area contributed by atoms with E-state index in [2.05, 4.69) is 9.71 Å². The summed E-state index contributed by atoms with van der Waals surface area (Å²) in [5, 5.41) is 9.31. The number of aryl methyl sites for hydroxylation is 1. The van der Waals surface area contributed by atoms with Crippen molar-refractivity contribution >= 4 is 15.7 Å². The van der Waals surface area contributed by atoms with Gasteiger partial charge in [-0.1, -0.05) is 0 Å². The summed E-state index contributed by atoms with van der Waals surface area (Å²) < 4.78 is 32.0. The van der Waals surface area contributed by atoms with Crippen LogP contribution in [0.2, 0.25) is 0 Å². The normalized spacial score (nSPS) is 13.3. The molecule has 0 aliphatic carbocycles. The summed E-state index contributed by atoms with van der Waals surface area (Å²) in [6.07, 6.45) is 1.51. The van der Waals surface area contributed by atoms with Gasteiger partial charge >= 0.3 is 0 Å². The summed E-state index contributed by atoms with van der Waals surface area (Å²) in [6, 6.07) is 3.06. The number of hydrogen-bond donors (Lipinski definition) is 3. The molecule has 4 N–H and O–H groups in total. The largest absolute Gasteiger partial charge is 0.506 e. The number of oxazole rings is 1. The van der Waals surface area contributed by atoms with Crippen LogP contribution in [0.4, 0.5) is 5.69 Å². The highest BCUT2D eigenvalue weighted by atomic mass is 32.2. The van der Waals surface area contributed by atoms with E-state index in [9.17, 15) is 13.5 Å². The fraction of sp³-hybridized carbons (Fsp3) is 0.250. The maximum atomic E-state index is 12.2. The summed E-state index contributed by atoms with van der Waals surface area (Å²) in [5.41, 5.74) is 5.48. The molecule has 7 nitrogen and oxygen atoms in total. The van der Waals surface area contributed by atoms with Crippen LogP contribution in [-0.2, 0) is 10.0 Å². The van der Waals surface area contributed by atoms with Gasteiger partial charge in [-0.15, -0.1) is 0 Å². The average molecular weight is 297 g/mol. The molecular weight excluding hydrogens is 282 g/mol. The lowest BCUT2D eigenvalue weighted by Gasteiger charge is -2.12. The van der Waals surface area contributed by atoms with Crippen LogP contribution in [0.5, 0.6) is 5.75 Å². The second kappa shape index (κ2) is 5.14. The second-order valence-corrected chi connectivity index (χ2v) is 6.09. The van der Waals surface area contributed by atoms with Crippen molar-refractivity contribution in [2.75, 3.05) is 5.73 Å². The van der Waals surface area contributed by atoms with E-state index in [0.717, 1.165) is 0 Å². The molecule has 0 amide bonds. The van der Waals surface area contributed by atoms with E-state index in [0.29, 0.717) is 5.76 Å². The lowest BCUT2D eigenvalue weighted by molar-refractivity contribution is 0.427. The van der Waals surface area contributed by atoms with Gasteiger partial charge in [0, 0.05) is 0 Å². The lowest BCUT2D eigenvalue weighted by Crippen LogP contribution is -2.27. The minimum atomic E-state index is -3.78. The molecule has 0 radical (unpaired) electrons. The average Bonchev–Trinajstić information content (AvgIpc) is 2.79. The van der Waals surface area contributed by atoms with Crippen molar-refractivity contribution in [2.45, 2.75) is 24.8 Å². The van der Waals surface area contributed by atoms with Gasteiger partial charge in [0.2, 0.25) is 15.9 Å². The number of aromatic hydroxyl groups is 1. The molecule has 2 aromatic rings. The number of nitrogens with one attached hydrogen (secondary N) is 1. The molecule has 1 heterocycles. The van der Waals surface area contributed by atoms with Crippen LogP contribution in [0.1, 0.15) is 24.6 Å². The molecule has 2 rings (SSSR count). The number of aromatic nitrogens is 1. The third kappa shape index (κ3) is 2.91. The smallest absolute Gasteiger partial charge is 0.241 e. The number of benzene rings is 1. The lowest BCUT2D eigenvalue weighted by atomic mass is 10.3. The number of nitrogens with zero attached hydrogens (tertiary/aromatic N) is 1. The zero-order chi connectivity index (χ0) is 14.9. The molecule has 1 unspecified atom stereocenters. The van der Waals surface area contributed by atoms with Gasteiger partial charge in [0.1, 0.15) is 11.5 Å². The van der Waals surface area contributed by atoms with Gasteiger partial charge in [-0.2, -0.15) is 4.72 Å². The van der Waals surface area contributed by atoms with Gasteiger partial charge in [0.25, 0.3) is 0 Å². The first kappa shape index (κ1) is 14.4. The summed E-state index contributed by atoms with van der Waals surface area (Å²) in [6.45, 7) is 3.34. The Morgan fingerprint density at radius 1 is 1.45 bits per heavy atom. The third-order valence-electron chi connectivity index (χ3n) is 2.65. The first-order valence-corrected chi connectivity index (χ1v) is 7.31. The van der Waals surface area contributed by atoms with Crippen molar-refractivity contribution in [3.63, 3.8) is 0 Å². The molecule has 0 saturated carbocycles. The molecule has 0 bridgehead atoms. The molecule has 0 aliphatic heterocycles. The number of rotatable bonds is 4. The van der Waals surface area contributed by atoms with Crippen LogP contribution >= 0.6 is 0 Å². The Hall–Kier alpha value is -2.06. The number of nitrogens with two attached hydrogens (primary N) is 1. The van der Waals surface area contributed by atoms with Crippen molar-refractivity contribution < 1.29 is 17.9 Å². The number of nitrogen functional groups attached to an aromatic ring is 1. The summed E-state index contributed by atoms with van der Waals surface area (Å²) in [7, 11) is -3.78. The zero-order valence-electron chi connectivity index (χ0n) is 11.0. The van der Waals surface area contributed by atoms with E-state index >= 15 is 0 Å². The Kier molecular flexibility index (Phi) is 3.69. The van der Waals surface area contributed by atoms with Gasteiger partial charge in [0.15, 0.2) is 0 Å². The maximum Gasteiger partial charge on any atom is 0.241 e. The Labute approximate surface area is 116 Å². The number of hydrogen-bond acceptors (Lipinski definition) is 6. The summed E-state index contributed by atoms with van der Waals surface area (Å²) in [4.78, 5) is 3.93. The van der Waals surface area contributed by atoms with Crippen LogP contribution in [0, 0.1) is 6.92 Å². The summed E-state index contributed by atoms with van der Waals surface area (Å²) >= 11 is 0. The zero-order valence-corrected chi connectivity index (χ0v) is 11.8. The third-order valence-corrected chi connectivity index (χ3v) is 4.19. The predicted molar refractivity (Wildman–Crippen MR) is 72.5 cm³/mol. The molecule has 0 fully saturated rings. The van der Waals surface area contributed by atoms with Gasteiger partial charge in [-0.3, -0.25) is 0 Å². The number of phenols is 1.